The van der Waals surface area contributed by atoms with Crippen molar-refractivity contribution in [2.75, 3.05) is 12.8 Å². The first-order valence-corrected chi connectivity index (χ1v) is 8.68. The largest absolute Gasteiger partial charge is 0.475 e. The van der Waals surface area contributed by atoms with Crippen molar-refractivity contribution in [2.45, 2.75) is 37.6 Å². The summed E-state index contributed by atoms with van der Waals surface area (Å²) in [5.74, 6) is 0.223. The number of aliphatic hydroxyl groups is 1. The monoisotopic (exact) mass is 357 g/mol. The molecule has 0 aliphatic carbocycles. The molecule has 2 saturated heterocycles. The molecule has 3 N–H and O–H groups in total. The lowest BCUT2D eigenvalue weighted by Crippen LogP contribution is -2.44. The van der Waals surface area contributed by atoms with Crippen LogP contribution in [0.25, 0.3) is 11.2 Å². The molecule has 130 valence electrons. The van der Waals surface area contributed by atoms with Gasteiger partial charge in [0.05, 0.1) is 12.4 Å². The van der Waals surface area contributed by atoms with E-state index in [9.17, 15) is 9.67 Å². The lowest BCUT2D eigenvalue weighted by molar-refractivity contribution is -0.101. The number of fused-ring (bicyclic) bond motifs is 2. The zero-order chi connectivity index (χ0) is 17.1. The summed E-state index contributed by atoms with van der Waals surface area (Å²) in [4.78, 5) is 12.1. The van der Waals surface area contributed by atoms with Gasteiger partial charge in [0.15, 0.2) is 17.7 Å². The van der Waals surface area contributed by atoms with Crippen molar-refractivity contribution in [3.05, 3.63) is 12.7 Å². The van der Waals surface area contributed by atoms with E-state index >= 15 is 0 Å². The summed E-state index contributed by atoms with van der Waals surface area (Å²) >= 11 is 0. The van der Waals surface area contributed by atoms with Crippen molar-refractivity contribution in [3.8, 4) is 0 Å². The van der Waals surface area contributed by atoms with Gasteiger partial charge in [0, 0.05) is 7.11 Å². The molecule has 2 unspecified atom stereocenters. The molecule has 12 heteroatoms. The molecule has 0 aromatic carbocycles. The Balaban J connectivity index is 1.71. The molecule has 2 aliphatic heterocycles. The van der Waals surface area contributed by atoms with Gasteiger partial charge in [-0.15, -0.1) is 0 Å². The van der Waals surface area contributed by atoms with Crippen LogP contribution in [0.3, 0.4) is 0 Å². The second kappa shape index (κ2) is 5.45. The van der Waals surface area contributed by atoms with Gasteiger partial charge in [-0.25, -0.2) is 19.5 Å². The second-order valence-electron chi connectivity index (χ2n) is 5.58. The minimum absolute atomic E-state index is 0.223. The Bertz CT molecular complexity index is 829. The van der Waals surface area contributed by atoms with Crippen LogP contribution in [-0.4, -0.2) is 56.2 Å². The maximum atomic E-state index is 12.3. The highest BCUT2D eigenvalue weighted by molar-refractivity contribution is 7.48. The third-order valence-corrected chi connectivity index (χ3v) is 5.68. The number of phosphoric ester groups is 1. The SMILES string of the molecule is COP1(=O)OC(C)[C@H]2O[C@@H](n3cnc4c(N)ncnc43)[C@H](O)[C@@H]2O1. The van der Waals surface area contributed by atoms with E-state index in [1.54, 1.807) is 6.92 Å². The predicted molar refractivity (Wildman–Crippen MR) is 79.7 cm³/mol. The quantitative estimate of drug-likeness (QED) is 0.716. The van der Waals surface area contributed by atoms with E-state index in [1.807, 2.05) is 0 Å². The molecule has 0 spiro atoms. The summed E-state index contributed by atoms with van der Waals surface area (Å²) in [6.45, 7) is 1.67. The van der Waals surface area contributed by atoms with Crippen LogP contribution in [0.4, 0.5) is 5.82 Å². The molecule has 0 radical (unpaired) electrons. The molecule has 6 atom stereocenters. The number of nitrogens with two attached hydrogens (primary N) is 1. The highest BCUT2D eigenvalue weighted by Crippen LogP contribution is 2.58. The van der Waals surface area contributed by atoms with Crippen molar-refractivity contribution in [1.29, 1.82) is 0 Å². The number of hydrogen-bond donors (Lipinski definition) is 2. The Morgan fingerprint density at radius 3 is 2.88 bits per heavy atom. The third-order valence-electron chi connectivity index (χ3n) is 4.14. The molecule has 24 heavy (non-hydrogen) atoms. The van der Waals surface area contributed by atoms with Crippen molar-refractivity contribution in [2.24, 2.45) is 0 Å². The standard InChI is InChI=1S/C12H16N5O6P/c1-5-8-9(23-24(19,20-2)22-5)7(18)12(21-8)17-4-16-6-10(13)14-3-15-11(6)17/h3-5,7-9,12,18H,1-2H3,(H2,13,14,15)/t5?,7-,8-,9+,12-,24?/m1/s1. The first kappa shape index (κ1) is 15.9. The molecule has 4 rings (SSSR count). The van der Waals surface area contributed by atoms with E-state index in [1.165, 1.54) is 24.3 Å². The van der Waals surface area contributed by atoms with Gasteiger partial charge in [0.25, 0.3) is 0 Å². The minimum atomic E-state index is -3.73. The van der Waals surface area contributed by atoms with E-state index in [-0.39, 0.29) is 5.82 Å². The maximum absolute atomic E-state index is 12.3. The lowest BCUT2D eigenvalue weighted by atomic mass is 10.1. The normalized spacial score (nSPS) is 39.2. The van der Waals surface area contributed by atoms with E-state index in [0.29, 0.717) is 11.2 Å². The van der Waals surface area contributed by atoms with E-state index in [4.69, 9.17) is 24.0 Å². The van der Waals surface area contributed by atoms with Crippen molar-refractivity contribution in [1.82, 2.24) is 19.5 Å². The molecule has 2 fully saturated rings. The Kier molecular flexibility index (Phi) is 3.60. The van der Waals surface area contributed by atoms with Crippen LogP contribution < -0.4 is 5.73 Å². The fourth-order valence-corrected chi connectivity index (χ4v) is 4.28. The van der Waals surface area contributed by atoms with Gasteiger partial charge < -0.3 is 15.6 Å². The second-order valence-corrected chi connectivity index (χ2v) is 7.26. The number of phosphoric acid groups is 1. The fourth-order valence-electron chi connectivity index (χ4n) is 2.99. The van der Waals surface area contributed by atoms with Gasteiger partial charge in [-0.05, 0) is 6.92 Å². The van der Waals surface area contributed by atoms with E-state index in [2.05, 4.69) is 15.0 Å². The van der Waals surface area contributed by atoms with Crippen LogP contribution in [0.1, 0.15) is 13.2 Å². The van der Waals surface area contributed by atoms with Crippen LogP contribution in [0.2, 0.25) is 0 Å². The highest BCUT2D eigenvalue weighted by Gasteiger charge is 2.56. The molecule has 2 aromatic rings. The Morgan fingerprint density at radius 2 is 2.12 bits per heavy atom. The van der Waals surface area contributed by atoms with Crippen molar-refractivity contribution < 1.29 is 28.0 Å². The molecule has 2 aliphatic rings. The molecule has 0 bridgehead atoms. The van der Waals surface area contributed by atoms with Crippen LogP contribution in [0, 0.1) is 0 Å². The maximum Gasteiger partial charge on any atom is 0.475 e. The van der Waals surface area contributed by atoms with Crippen LogP contribution >= 0.6 is 7.82 Å². The Morgan fingerprint density at radius 1 is 1.33 bits per heavy atom. The average Bonchev–Trinajstić information content (AvgIpc) is 3.11. The van der Waals surface area contributed by atoms with Gasteiger partial charge in [0.1, 0.15) is 30.2 Å². The summed E-state index contributed by atoms with van der Waals surface area (Å²) in [6.07, 6.45) is -1.33. The first-order chi connectivity index (χ1) is 11.4. The molecular weight excluding hydrogens is 341 g/mol. The van der Waals surface area contributed by atoms with Crippen molar-refractivity contribution >= 4 is 24.8 Å². The highest BCUT2D eigenvalue weighted by atomic mass is 31.2. The van der Waals surface area contributed by atoms with Gasteiger partial charge in [0.2, 0.25) is 0 Å². The number of anilines is 1. The summed E-state index contributed by atoms with van der Waals surface area (Å²) in [5.41, 5.74) is 6.58. The summed E-state index contributed by atoms with van der Waals surface area (Å²) in [5, 5.41) is 10.6. The fraction of sp³-hybridized carbons (Fsp3) is 0.583. The van der Waals surface area contributed by atoms with Crippen LogP contribution in [0.15, 0.2) is 12.7 Å². The number of nitrogens with zero attached hydrogens (tertiary/aromatic N) is 4. The van der Waals surface area contributed by atoms with Crippen LogP contribution in [0.5, 0.6) is 0 Å². The molecule has 2 aromatic heterocycles. The summed E-state index contributed by atoms with van der Waals surface area (Å²) in [6, 6.07) is 0. The van der Waals surface area contributed by atoms with Gasteiger partial charge >= 0.3 is 7.82 Å². The minimum Gasteiger partial charge on any atom is -0.386 e. The average molecular weight is 357 g/mol. The number of imidazole rings is 1. The summed E-state index contributed by atoms with van der Waals surface area (Å²) < 4.78 is 35.1. The predicted octanol–water partition coefficient (Wildman–Crippen LogP) is 0.225. The zero-order valence-electron chi connectivity index (χ0n) is 12.8. The Labute approximate surface area is 136 Å². The molecule has 0 saturated carbocycles. The molecule has 4 heterocycles. The van der Waals surface area contributed by atoms with Gasteiger partial charge in [-0.2, -0.15) is 0 Å². The van der Waals surface area contributed by atoms with Gasteiger partial charge in [-0.1, -0.05) is 0 Å². The number of aliphatic hydroxyl groups excluding tert-OH is 1. The number of hydrogen-bond acceptors (Lipinski definition) is 10. The topological polar surface area (TPSA) is 144 Å². The van der Waals surface area contributed by atoms with E-state index < -0.39 is 38.5 Å². The number of ether oxygens (including phenoxy) is 1. The van der Waals surface area contributed by atoms with E-state index in [0.717, 1.165) is 0 Å². The Hall–Kier alpha value is -1.62. The van der Waals surface area contributed by atoms with Gasteiger partial charge in [-0.3, -0.25) is 18.1 Å². The smallest absolute Gasteiger partial charge is 0.386 e. The molecule has 11 nitrogen and oxygen atoms in total. The lowest BCUT2D eigenvalue weighted by Gasteiger charge is -2.34. The number of aromatic nitrogens is 4. The zero-order valence-corrected chi connectivity index (χ0v) is 13.7. The van der Waals surface area contributed by atoms with Crippen LogP contribution in [-0.2, 0) is 22.9 Å². The number of nitrogen functional groups attached to an aromatic ring is 1. The molecular formula is C12H16N5O6P. The molecule has 0 amide bonds. The third kappa shape index (κ3) is 2.25. The first-order valence-electron chi connectivity index (χ1n) is 7.22. The summed E-state index contributed by atoms with van der Waals surface area (Å²) in [7, 11) is -2.51. The number of rotatable bonds is 2. The van der Waals surface area contributed by atoms with Crippen molar-refractivity contribution in [3.63, 3.8) is 0 Å².